The van der Waals surface area contributed by atoms with Crippen LogP contribution in [0.4, 0.5) is 8.78 Å². The average Bonchev–Trinajstić information content (AvgIpc) is 3.36. The first-order valence-electron chi connectivity index (χ1n) is 8.49. The molecule has 3 rings (SSSR count). The normalized spacial score (nSPS) is 21.1. The lowest BCUT2D eigenvalue weighted by Gasteiger charge is -2.28. The number of halogens is 2. The molecule has 7 nitrogen and oxygen atoms in total. The number of rotatable bonds is 7. The van der Waals surface area contributed by atoms with Crippen molar-refractivity contribution < 1.29 is 36.3 Å². The predicted octanol–water partition coefficient (Wildman–Crippen LogP) is 1.62. The van der Waals surface area contributed by atoms with Crippen LogP contribution in [0.15, 0.2) is 24.3 Å². The Kier molecular flexibility index (Phi) is 5.64. The molecule has 1 atom stereocenters. The summed E-state index contributed by atoms with van der Waals surface area (Å²) in [6.07, 6.45) is 2.01. The zero-order valence-corrected chi connectivity index (χ0v) is 15.2. The van der Waals surface area contributed by atoms with Crippen molar-refractivity contribution in [2.45, 2.75) is 38.0 Å². The molecule has 2 aliphatic rings. The van der Waals surface area contributed by atoms with E-state index < -0.39 is 34.9 Å². The second-order valence-electron chi connectivity index (χ2n) is 6.57. The van der Waals surface area contributed by atoms with E-state index in [-0.39, 0.29) is 34.9 Å². The summed E-state index contributed by atoms with van der Waals surface area (Å²) in [5.41, 5.74) is 0.0887. The van der Waals surface area contributed by atoms with Gasteiger partial charge in [0.1, 0.15) is 5.75 Å². The zero-order valence-electron chi connectivity index (χ0n) is 14.3. The summed E-state index contributed by atoms with van der Waals surface area (Å²) >= 11 is 0. The van der Waals surface area contributed by atoms with E-state index >= 15 is 0 Å². The maximum atomic E-state index is 12.5. The molecule has 1 aliphatic carbocycles. The van der Waals surface area contributed by atoms with Gasteiger partial charge in [0.2, 0.25) is 0 Å². The Bertz CT molecular complexity index is 807. The smallest absolute Gasteiger partial charge is 0.387 e. The van der Waals surface area contributed by atoms with Crippen LogP contribution in [0.2, 0.25) is 0 Å². The molecule has 0 unspecified atom stereocenters. The van der Waals surface area contributed by atoms with Crippen molar-refractivity contribution >= 4 is 21.7 Å². The molecule has 0 aromatic heterocycles. The van der Waals surface area contributed by atoms with E-state index in [1.54, 1.807) is 0 Å². The molecular formula is C17H19F2NO6S. The van der Waals surface area contributed by atoms with E-state index in [0.717, 1.165) is 12.8 Å². The van der Waals surface area contributed by atoms with Crippen LogP contribution in [0.1, 0.15) is 29.6 Å². The van der Waals surface area contributed by atoms with E-state index in [2.05, 4.69) is 4.74 Å². The van der Waals surface area contributed by atoms with E-state index in [0.29, 0.717) is 6.42 Å². The monoisotopic (exact) mass is 403 g/mol. The number of carbonyl (C=O) groups excluding carboxylic acids is 2. The second-order valence-corrected chi connectivity index (χ2v) is 8.80. The quantitative estimate of drug-likeness (QED) is 0.643. The number of nitrogens with zero attached hydrogens (tertiary/aromatic N) is 1. The van der Waals surface area contributed by atoms with Crippen molar-refractivity contribution in [3.63, 3.8) is 0 Å². The maximum absolute atomic E-state index is 12.5. The van der Waals surface area contributed by atoms with Crippen LogP contribution in [0, 0.1) is 0 Å². The first kappa shape index (κ1) is 19.5. The van der Waals surface area contributed by atoms with Gasteiger partial charge in [0.15, 0.2) is 16.4 Å². The Morgan fingerprint density at radius 3 is 2.30 bits per heavy atom. The Labute approximate surface area is 155 Å². The molecule has 2 fully saturated rings. The van der Waals surface area contributed by atoms with Gasteiger partial charge in [0.25, 0.3) is 5.91 Å². The summed E-state index contributed by atoms with van der Waals surface area (Å²) in [5, 5.41) is 0. The van der Waals surface area contributed by atoms with E-state index in [4.69, 9.17) is 4.74 Å². The Morgan fingerprint density at radius 2 is 1.78 bits per heavy atom. The molecule has 0 N–H and O–H groups in total. The van der Waals surface area contributed by atoms with Gasteiger partial charge < -0.3 is 14.4 Å². The number of hydrogen-bond donors (Lipinski definition) is 0. The maximum Gasteiger partial charge on any atom is 0.387 e. The van der Waals surface area contributed by atoms with Crippen LogP contribution in [-0.2, 0) is 19.4 Å². The molecule has 1 heterocycles. The van der Waals surface area contributed by atoms with Gasteiger partial charge >= 0.3 is 12.6 Å². The molecule has 1 saturated carbocycles. The first-order valence-corrected chi connectivity index (χ1v) is 10.3. The minimum absolute atomic E-state index is 0.000261. The summed E-state index contributed by atoms with van der Waals surface area (Å²) in [5.74, 6) is -1.30. The van der Waals surface area contributed by atoms with Crippen molar-refractivity contribution in [2.24, 2.45) is 0 Å². The molecule has 0 spiro atoms. The van der Waals surface area contributed by atoms with Gasteiger partial charge in [0.05, 0.1) is 17.1 Å². The molecule has 1 aromatic rings. The molecular weight excluding hydrogens is 384 g/mol. The fourth-order valence-electron chi connectivity index (χ4n) is 3.11. The van der Waals surface area contributed by atoms with Gasteiger partial charge in [-0.3, -0.25) is 4.79 Å². The number of alkyl halides is 2. The zero-order chi connectivity index (χ0) is 19.6. The standard InChI is InChI=1S/C17H19F2NO6S/c18-17(19)26-14-5-1-11(2-6-14)16(22)25-9-15(21)20(12-3-4-12)13-7-8-27(23,24)10-13/h1-2,5-6,12-13,17H,3-4,7-10H2/t13-/m0/s1. The van der Waals surface area contributed by atoms with E-state index in [9.17, 15) is 26.8 Å². The van der Waals surface area contributed by atoms with Crippen LogP contribution in [0.5, 0.6) is 5.75 Å². The van der Waals surface area contributed by atoms with Gasteiger partial charge in [0, 0.05) is 12.1 Å². The number of sulfone groups is 1. The van der Waals surface area contributed by atoms with Crippen molar-refractivity contribution in [3.8, 4) is 5.75 Å². The molecule has 27 heavy (non-hydrogen) atoms. The number of benzene rings is 1. The van der Waals surface area contributed by atoms with Crippen LogP contribution in [0.25, 0.3) is 0 Å². The van der Waals surface area contributed by atoms with E-state index in [1.807, 2.05) is 0 Å². The van der Waals surface area contributed by atoms with Gasteiger partial charge in [-0.15, -0.1) is 0 Å². The number of amides is 1. The third kappa shape index (κ3) is 5.15. The highest BCUT2D eigenvalue weighted by Crippen LogP contribution is 2.32. The summed E-state index contributed by atoms with van der Waals surface area (Å²) < 4.78 is 56.8. The lowest BCUT2D eigenvalue weighted by Crippen LogP contribution is -2.44. The van der Waals surface area contributed by atoms with Gasteiger partial charge in [-0.05, 0) is 43.5 Å². The molecule has 0 radical (unpaired) electrons. The highest BCUT2D eigenvalue weighted by molar-refractivity contribution is 7.91. The van der Waals surface area contributed by atoms with E-state index in [1.165, 1.54) is 29.2 Å². The van der Waals surface area contributed by atoms with Crippen LogP contribution >= 0.6 is 0 Å². The van der Waals surface area contributed by atoms with Crippen LogP contribution < -0.4 is 4.74 Å². The van der Waals surface area contributed by atoms with Crippen LogP contribution in [-0.4, -0.2) is 62.0 Å². The minimum atomic E-state index is -3.13. The average molecular weight is 403 g/mol. The number of ether oxygens (including phenoxy) is 2. The Hall–Kier alpha value is -2.23. The van der Waals surface area contributed by atoms with Crippen molar-refractivity contribution in [1.29, 1.82) is 0 Å². The van der Waals surface area contributed by atoms with Crippen molar-refractivity contribution in [3.05, 3.63) is 29.8 Å². The van der Waals surface area contributed by atoms with Gasteiger partial charge in [-0.1, -0.05) is 0 Å². The molecule has 1 aliphatic heterocycles. The highest BCUT2D eigenvalue weighted by atomic mass is 32.2. The number of esters is 1. The summed E-state index contributed by atoms with van der Waals surface area (Å²) in [6, 6.07) is 4.54. The fraction of sp³-hybridized carbons (Fsp3) is 0.529. The third-order valence-electron chi connectivity index (χ3n) is 4.47. The first-order chi connectivity index (χ1) is 12.7. The highest BCUT2D eigenvalue weighted by Gasteiger charge is 2.42. The van der Waals surface area contributed by atoms with Crippen molar-refractivity contribution in [2.75, 3.05) is 18.1 Å². The largest absolute Gasteiger partial charge is 0.452 e. The molecule has 1 amide bonds. The topological polar surface area (TPSA) is 90.0 Å². The summed E-state index contributed by atoms with van der Waals surface area (Å²) in [4.78, 5) is 26.1. The minimum Gasteiger partial charge on any atom is -0.452 e. The lowest BCUT2D eigenvalue weighted by atomic mass is 10.2. The Balaban J connectivity index is 1.56. The van der Waals surface area contributed by atoms with Crippen LogP contribution in [0.3, 0.4) is 0 Å². The third-order valence-corrected chi connectivity index (χ3v) is 6.22. The summed E-state index contributed by atoms with van der Waals surface area (Å²) in [7, 11) is -3.13. The fourth-order valence-corrected chi connectivity index (χ4v) is 4.82. The van der Waals surface area contributed by atoms with Gasteiger partial charge in [-0.2, -0.15) is 8.78 Å². The molecule has 1 saturated heterocycles. The molecule has 0 bridgehead atoms. The summed E-state index contributed by atoms with van der Waals surface area (Å²) in [6.45, 7) is -3.46. The Morgan fingerprint density at radius 1 is 1.11 bits per heavy atom. The second kappa shape index (κ2) is 7.79. The number of carbonyl (C=O) groups is 2. The molecule has 148 valence electrons. The van der Waals surface area contributed by atoms with Gasteiger partial charge in [-0.25, -0.2) is 13.2 Å². The van der Waals surface area contributed by atoms with Crippen molar-refractivity contribution in [1.82, 2.24) is 4.90 Å². The SMILES string of the molecule is O=C(OCC(=O)N(C1CC1)[C@H]1CCS(=O)(=O)C1)c1ccc(OC(F)F)cc1. The number of hydrogen-bond acceptors (Lipinski definition) is 6. The predicted molar refractivity (Wildman–Crippen MR) is 90.3 cm³/mol. The molecule has 10 heteroatoms. The molecule has 1 aromatic carbocycles. The lowest BCUT2D eigenvalue weighted by molar-refractivity contribution is -0.137.